The zero-order valence-corrected chi connectivity index (χ0v) is 11.8. The van der Waals surface area contributed by atoms with E-state index in [9.17, 15) is 18.5 Å². The van der Waals surface area contributed by atoms with Crippen LogP contribution in [0.5, 0.6) is 0 Å². The molecular formula is C12H13N3O4S. The molecule has 106 valence electrons. The van der Waals surface area contributed by atoms with Crippen molar-refractivity contribution in [1.82, 2.24) is 8.96 Å². The van der Waals surface area contributed by atoms with E-state index in [0.717, 1.165) is 3.97 Å². The van der Waals surface area contributed by atoms with Crippen molar-refractivity contribution in [1.29, 1.82) is 0 Å². The first-order chi connectivity index (χ1) is 9.37. The molecule has 7 nitrogen and oxygen atoms in total. The lowest BCUT2D eigenvalue weighted by Gasteiger charge is -2.08. The maximum atomic E-state index is 12.6. The van der Waals surface area contributed by atoms with Crippen LogP contribution in [0.2, 0.25) is 0 Å². The second-order valence-corrected chi connectivity index (χ2v) is 5.96. The predicted octanol–water partition coefficient (Wildman–Crippen LogP) is 1.90. The summed E-state index contributed by atoms with van der Waals surface area (Å²) in [6.07, 6.45) is 1.78. The number of nitro groups is 1. The molecule has 0 N–H and O–H groups in total. The van der Waals surface area contributed by atoms with E-state index in [1.54, 1.807) is 13.8 Å². The normalized spacial score (nSPS) is 11.5. The van der Waals surface area contributed by atoms with Crippen molar-refractivity contribution in [2.45, 2.75) is 25.2 Å². The number of para-hydroxylation sites is 1. The number of hydrogen-bond donors (Lipinski definition) is 0. The van der Waals surface area contributed by atoms with E-state index < -0.39 is 20.6 Å². The number of rotatable bonds is 4. The van der Waals surface area contributed by atoms with Gasteiger partial charge in [0.25, 0.3) is 15.7 Å². The molecule has 0 fully saturated rings. The SMILES string of the molecule is CCc1nc(C)cn1S(=O)(=O)c1ccccc1[N+](=O)[O-]. The highest BCUT2D eigenvalue weighted by atomic mass is 32.2. The minimum Gasteiger partial charge on any atom is -0.258 e. The molecular weight excluding hydrogens is 282 g/mol. The van der Waals surface area contributed by atoms with Crippen molar-refractivity contribution >= 4 is 15.7 Å². The molecule has 0 amide bonds. The van der Waals surface area contributed by atoms with Crippen molar-refractivity contribution in [2.24, 2.45) is 0 Å². The van der Waals surface area contributed by atoms with Gasteiger partial charge in [0, 0.05) is 18.7 Å². The Hall–Kier alpha value is -2.22. The van der Waals surface area contributed by atoms with Crippen molar-refractivity contribution in [3.8, 4) is 0 Å². The summed E-state index contributed by atoms with van der Waals surface area (Å²) >= 11 is 0. The van der Waals surface area contributed by atoms with E-state index in [4.69, 9.17) is 0 Å². The Morgan fingerprint density at radius 2 is 2.00 bits per heavy atom. The van der Waals surface area contributed by atoms with E-state index in [2.05, 4.69) is 4.98 Å². The highest BCUT2D eigenvalue weighted by Gasteiger charge is 2.28. The average Bonchev–Trinajstić information content (AvgIpc) is 2.80. The Kier molecular flexibility index (Phi) is 3.58. The molecule has 0 aliphatic heterocycles. The van der Waals surface area contributed by atoms with Crippen LogP contribution in [0.3, 0.4) is 0 Å². The molecule has 0 atom stereocenters. The lowest BCUT2D eigenvalue weighted by molar-refractivity contribution is -0.387. The number of imidazole rings is 1. The van der Waals surface area contributed by atoms with Crippen LogP contribution >= 0.6 is 0 Å². The van der Waals surface area contributed by atoms with E-state index in [0.29, 0.717) is 17.9 Å². The molecule has 0 spiro atoms. The van der Waals surface area contributed by atoms with Gasteiger partial charge in [-0.15, -0.1) is 0 Å². The van der Waals surface area contributed by atoms with Gasteiger partial charge in [0.2, 0.25) is 0 Å². The lowest BCUT2D eigenvalue weighted by atomic mass is 10.3. The second kappa shape index (κ2) is 5.04. The third-order valence-electron chi connectivity index (χ3n) is 2.78. The summed E-state index contributed by atoms with van der Waals surface area (Å²) in [5, 5.41) is 11.0. The predicted molar refractivity (Wildman–Crippen MR) is 72.0 cm³/mol. The molecule has 2 aromatic rings. The summed E-state index contributed by atoms with van der Waals surface area (Å²) < 4.78 is 26.1. The summed E-state index contributed by atoms with van der Waals surface area (Å²) in [7, 11) is -4.02. The number of aromatic nitrogens is 2. The molecule has 1 heterocycles. The Labute approximate surface area is 116 Å². The molecule has 20 heavy (non-hydrogen) atoms. The van der Waals surface area contributed by atoms with Crippen LogP contribution in [0, 0.1) is 17.0 Å². The molecule has 0 aliphatic rings. The topological polar surface area (TPSA) is 95.1 Å². The average molecular weight is 295 g/mol. The van der Waals surface area contributed by atoms with Crippen LogP contribution in [0.1, 0.15) is 18.4 Å². The molecule has 0 saturated carbocycles. The van der Waals surface area contributed by atoms with Gasteiger partial charge in [-0.25, -0.2) is 17.4 Å². The highest BCUT2D eigenvalue weighted by molar-refractivity contribution is 7.90. The van der Waals surface area contributed by atoms with Crippen LogP contribution in [0.4, 0.5) is 5.69 Å². The lowest BCUT2D eigenvalue weighted by Crippen LogP contribution is -2.16. The first-order valence-corrected chi connectivity index (χ1v) is 7.35. The van der Waals surface area contributed by atoms with Crippen molar-refractivity contribution in [3.63, 3.8) is 0 Å². The molecule has 1 aromatic heterocycles. The van der Waals surface area contributed by atoms with Crippen LogP contribution in [0.15, 0.2) is 35.4 Å². The maximum Gasteiger partial charge on any atom is 0.289 e. The fourth-order valence-electron chi connectivity index (χ4n) is 1.90. The zero-order valence-electron chi connectivity index (χ0n) is 11.0. The van der Waals surface area contributed by atoms with Crippen LogP contribution in [0.25, 0.3) is 0 Å². The molecule has 0 unspecified atom stereocenters. The zero-order chi connectivity index (χ0) is 14.9. The Morgan fingerprint density at radius 1 is 1.35 bits per heavy atom. The first kappa shape index (κ1) is 14.2. The van der Waals surface area contributed by atoms with Gasteiger partial charge >= 0.3 is 0 Å². The standard InChI is InChI=1S/C12H13N3O4S/c1-3-12-13-9(2)8-14(12)20(18,19)11-7-5-4-6-10(11)15(16)17/h4-8H,3H2,1-2H3. The highest BCUT2D eigenvalue weighted by Crippen LogP contribution is 2.26. The molecule has 0 radical (unpaired) electrons. The first-order valence-electron chi connectivity index (χ1n) is 5.91. The number of aryl methyl sites for hydroxylation is 2. The van der Waals surface area contributed by atoms with Gasteiger partial charge in [-0.2, -0.15) is 0 Å². The Balaban J connectivity index is 2.70. The molecule has 0 saturated heterocycles. The fraction of sp³-hybridized carbons (Fsp3) is 0.250. The van der Waals surface area contributed by atoms with Gasteiger partial charge in [0.15, 0.2) is 4.90 Å². The Bertz CT molecular complexity index is 765. The summed E-state index contributed by atoms with van der Waals surface area (Å²) in [5.41, 5.74) is 0.102. The minimum atomic E-state index is -4.02. The van der Waals surface area contributed by atoms with Gasteiger partial charge < -0.3 is 0 Å². The third kappa shape index (κ3) is 2.29. The quantitative estimate of drug-likeness (QED) is 0.634. The summed E-state index contributed by atoms with van der Waals surface area (Å²) in [6.45, 7) is 3.44. The molecule has 0 bridgehead atoms. The fourth-order valence-corrected chi connectivity index (χ4v) is 3.51. The van der Waals surface area contributed by atoms with Gasteiger partial charge in [0.05, 0.1) is 10.6 Å². The van der Waals surface area contributed by atoms with Crippen molar-refractivity contribution in [2.75, 3.05) is 0 Å². The van der Waals surface area contributed by atoms with E-state index in [1.165, 1.54) is 30.5 Å². The van der Waals surface area contributed by atoms with Gasteiger partial charge in [-0.1, -0.05) is 19.1 Å². The monoisotopic (exact) mass is 295 g/mol. The van der Waals surface area contributed by atoms with Crippen LogP contribution in [-0.4, -0.2) is 22.3 Å². The van der Waals surface area contributed by atoms with E-state index in [1.807, 2.05) is 0 Å². The summed E-state index contributed by atoms with van der Waals surface area (Å²) in [4.78, 5) is 14.0. The molecule has 0 aliphatic carbocycles. The molecule has 2 rings (SSSR count). The van der Waals surface area contributed by atoms with E-state index in [-0.39, 0.29) is 4.90 Å². The van der Waals surface area contributed by atoms with Gasteiger partial charge in [-0.05, 0) is 13.0 Å². The van der Waals surface area contributed by atoms with Gasteiger partial charge in [-0.3, -0.25) is 10.1 Å². The number of nitrogens with zero attached hydrogens (tertiary/aromatic N) is 3. The van der Waals surface area contributed by atoms with Crippen molar-refractivity contribution in [3.05, 3.63) is 52.1 Å². The minimum absolute atomic E-state index is 0.336. The third-order valence-corrected chi connectivity index (χ3v) is 4.51. The maximum absolute atomic E-state index is 12.6. The summed E-state index contributed by atoms with van der Waals surface area (Å²) in [6, 6.07) is 5.27. The number of nitro benzene ring substituents is 1. The van der Waals surface area contributed by atoms with Crippen LogP contribution < -0.4 is 0 Å². The number of hydrogen-bond acceptors (Lipinski definition) is 5. The summed E-state index contributed by atoms with van der Waals surface area (Å²) in [5.74, 6) is 0.348. The molecule has 1 aromatic carbocycles. The number of benzene rings is 1. The molecule has 8 heteroatoms. The largest absolute Gasteiger partial charge is 0.289 e. The second-order valence-electron chi connectivity index (χ2n) is 4.18. The van der Waals surface area contributed by atoms with E-state index >= 15 is 0 Å². The van der Waals surface area contributed by atoms with Crippen LogP contribution in [-0.2, 0) is 16.4 Å². The smallest absolute Gasteiger partial charge is 0.258 e. The van der Waals surface area contributed by atoms with Crippen molar-refractivity contribution < 1.29 is 13.3 Å². The van der Waals surface area contributed by atoms with Gasteiger partial charge in [0.1, 0.15) is 5.82 Å². The Morgan fingerprint density at radius 3 is 2.60 bits per heavy atom.